The molecule has 0 aliphatic carbocycles. The monoisotopic (exact) mass is 341 g/mol. The maximum absolute atomic E-state index is 10.9. The molecule has 1 atom stereocenters. The van der Waals surface area contributed by atoms with Gasteiger partial charge in [0.1, 0.15) is 5.75 Å². The van der Waals surface area contributed by atoms with Gasteiger partial charge in [0.2, 0.25) is 0 Å². The average molecular weight is 341 g/mol. The van der Waals surface area contributed by atoms with Crippen LogP contribution in [0.15, 0.2) is 42.5 Å². The van der Waals surface area contributed by atoms with E-state index in [9.17, 15) is 10.1 Å². The number of nitro benzene ring substituents is 1. The first-order valence-electron chi connectivity index (χ1n) is 8.41. The van der Waals surface area contributed by atoms with Crippen LogP contribution in [0.4, 0.5) is 5.69 Å². The van der Waals surface area contributed by atoms with Gasteiger partial charge in [-0.05, 0) is 24.1 Å². The predicted molar refractivity (Wildman–Crippen MR) is 96.8 cm³/mol. The topological polar surface area (TPSA) is 67.6 Å². The second-order valence-corrected chi connectivity index (χ2v) is 6.30. The second kappa shape index (κ2) is 7.63. The largest absolute Gasteiger partial charge is 0.496 e. The molecule has 0 spiro atoms. The van der Waals surface area contributed by atoms with Gasteiger partial charge in [0.05, 0.1) is 18.1 Å². The first-order chi connectivity index (χ1) is 12.1. The van der Waals surface area contributed by atoms with Crippen LogP contribution in [0, 0.1) is 17.0 Å². The number of hydrogen-bond acceptors (Lipinski definition) is 5. The minimum absolute atomic E-state index is 0.142. The molecule has 2 aromatic carbocycles. The summed E-state index contributed by atoms with van der Waals surface area (Å²) in [6.45, 7) is 5.39. The number of benzene rings is 2. The Labute approximate surface area is 147 Å². The number of para-hydroxylation sites is 1. The highest BCUT2D eigenvalue weighted by molar-refractivity contribution is 5.40. The smallest absolute Gasteiger partial charge is 0.269 e. The van der Waals surface area contributed by atoms with Crippen LogP contribution >= 0.6 is 0 Å². The molecule has 6 heteroatoms. The van der Waals surface area contributed by atoms with E-state index in [1.54, 1.807) is 19.2 Å². The zero-order chi connectivity index (χ0) is 17.8. The summed E-state index contributed by atoms with van der Waals surface area (Å²) in [5, 5.41) is 14.4. The van der Waals surface area contributed by atoms with Gasteiger partial charge in [-0.25, -0.2) is 0 Å². The molecule has 2 aromatic rings. The van der Waals surface area contributed by atoms with Gasteiger partial charge in [-0.15, -0.1) is 0 Å². The van der Waals surface area contributed by atoms with Crippen molar-refractivity contribution in [2.24, 2.45) is 0 Å². The number of ether oxygens (including phenoxy) is 1. The van der Waals surface area contributed by atoms with E-state index in [0.29, 0.717) is 0 Å². The molecule has 1 saturated heterocycles. The van der Waals surface area contributed by atoms with Gasteiger partial charge in [0, 0.05) is 43.9 Å². The fourth-order valence-corrected chi connectivity index (χ4v) is 3.37. The molecule has 1 N–H and O–H groups in total. The van der Waals surface area contributed by atoms with Gasteiger partial charge in [-0.1, -0.05) is 24.3 Å². The first-order valence-corrected chi connectivity index (χ1v) is 8.41. The Morgan fingerprint density at radius 1 is 1.32 bits per heavy atom. The Morgan fingerprint density at radius 3 is 2.84 bits per heavy atom. The number of hydrogen-bond donors (Lipinski definition) is 1. The zero-order valence-electron chi connectivity index (χ0n) is 14.6. The first kappa shape index (κ1) is 17.4. The third-order valence-electron chi connectivity index (χ3n) is 4.76. The number of nitrogens with one attached hydrogen (secondary N) is 1. The molecular formula is C19H23N3O3. The summed E-state index contributed by atoms with van der Waals surface area (Å²) in [6.07, 6.45) is 0. The summed E-state index contributed by atoms with van der Waals surface area (Å²) >= 11 is 0. The van der Waals surface area contributed by atoms with E-state index < -0.39 is 0 Å². The predicted octanol–water partition coefficient (Wildman–Crippen LogP) is 3.06. The maximum Gasteiger partial charge on any atom is 0.269 e. The molecule has 1 fully saturated rings. The van der Waals surface area contributed by atoms with Crippen LogP contribution in [0.1, 0.15) is 22.7 Å². The molecule has 25 heavy (non-hydrogen) atoms. The van der Waals surface area contributed by atoms with Crippen LogP contribution in [0.5, 0.6) is 5.75 Å². The van der Waals surface area contributed by atoms with E-state index in [1.807, 2.05) is 31.2 Å². The molecule has 0 saturated carbocycles. The lowest BCUT2D eigenvalue weighted by molar-refractivity contribution is -0.384. The number of nitro groups is 1. The third kappa shape index (κ3) is 3.81. The van der Waals surface area contributed by atoms with Crippen LogP contribution in [0.25, 0.3) is 0 Å². The number of aryl methyl sites for hydroxylation is 1. The average Bonchev–Trinajstić information content (AvgIpc) is 2.63. The van der Waals surface area contributed by atoms with Crippen molar-refractivity contribution in [3.05, 3.63) is 69.3 Å². The molecule has 0 amide bonds. The van der Waals surface area contributed by atoms with Crippen molar-refractivity contribution in [1.82, 2.24) is 10.2 Å². The lowest BCUT2D eigenvalue weighted by atomic mass is 10.00. The van der Waals surface area contributed by atoms with Gasteiger partial charge < -0.3 is 10.1 Å². The molecule has 0 radical (unpaired) electrons. The Balaban J connectivity index is 1.86. The Hall–Kier alpha value is -2.44. The molecule has 1 heterocycles. The van der Waals surface area contributed by atoms with E-state index in [1.165, 1.54) is 0 Å². The van der Waals surface area contributed by atoms with E-state index in [-0.39, 0.29) is 16.7 Å². The Kier molecular flexibility index (Phi) is 5.31. The van der Waals surface area contributed by atoms with Crippen LogP contribution < -0.4 is 10.1 Å². The summed E-state index contributed by atoms with van der Waals surface area (Å²) in [6, 6.07) is 13.4. The number of nitrogens with zero attached hydrogens (tertiary/aromatic N) is 2. The maximum atomic E-state index is 10.9. The van der Waals surface area contributed by atoms with Gasteiger partial charge in [-0.2, -0.15) is 0 Å². The molecule has 0 bridgehead atoms. The normalized spacial score (nSPS) is 18.1. The molecule has 6 nitrogen and oxygen atoms in total. The van der Waals surface area contributed by atoms with Gasteiger partial charge >= 0.3 is 0 Å². The van der Waals surface area contributed by atoms with E-state index in [0.717, 1.165) is 48.6 Å². The molecule has 0 aromatic heterocycles. The molecule has 132 valence electrons. The van der Waals surface area contributed by atoms with E-state index in [4.69, 9.17) is 4.74 Å². The second-order valence-electron chi connectivity index (χ2n) is 6.30. The van der Waals surface area contributed by atoms with Crippen molar-refractivity contribution in [3.8, 4) is 5.75 Å². The molecule has 1 unspecified atom stereocenters. The minimum Gasteiger partial charge on any atom is -0.496 e. The van der Waals surface area contributed by atoms with Crippen molar-refractivity contribution in [1.29, 1.82) is 0 Å². The summed E-state index contributed by atoms with van der Waals surface area (Å²) in [7, 11) is 1.69. The van der Waals surface area contributed by atoms with Crippen molar-refractivity contribution in [3.63, 3.8) is 0 Å². The van der Waals surface area contributed by atoms with Gasteiger partial charge in [0.25, 0.3) is 5.69 Å². The van der Waals surface area contributed by atoms with Crippen molar-refractivity contribution >= 4 is 5.69 Å². The summed E-state index contributed by atoms with van der Waals surface area (Å²) < 4.78 is 5.53. The SMILES string of the molecule is COc1ccccc1C1CNCCN1Cc1ccc([N+](=O)[O-])cc1C. The quantitative estimate of drug-likeness (QED) is 0.669. The fraction of sp³-hybridized carbons (Fsp3) is 0.368. The highest BCUT2D eigenvalue weighted by Gasteiger charge is 2.26. The summed E-state index contributed by atoms with van der Waals surface area (Å²) in [4.78, 5) is 13.0. The minimum atomic E-state index is -0.348. The molecular weight excluding hydrogens is 318 g/mol. The number of piperazine rings is 1. The van der Waals surface area contributed by atoms with Crippen molar-refractivity contribution in [2.75, 3.05) is 26.7 Å². The fourth-order valence-electron chi connectivity index (χ4n) is 3.37. The van der Waals surface area contributed by atoms with Crippen LogP contribution in [-0.2, 0) is 6.54 Å². The highest BCUT2D eigenvalue weighted by Crippen LogP contribution is 2.31. The van der Waals surface area contributed by atoms with Crippen LogP contribution in [-0.4, -0.2) is 36.6 Å². The van der Waals surface area contributed by atoms with Crippen molar-refractivity contribution < 1.29 is 9.66 Å². The summed E-state index contributed by atoms with van der Waals surface area (Å²) in [5.74, 6) is 0.890. The van der Waals surface area contributed by atoms with E-state index >= 15 is 0 Å². The molecule has 3 rings (SSSR count). The number of non-ortho nitro benzene ring substituents is 1. The number of methoxy groups -OCH3 is 1. The molecule has 1 aliphatic rings. The van der Waals surface area contributed by atoms with Crippen LogP contribution in [0.3, 0.4) is 0 Å². The van der Waals surface area contributed by atoms with Gasteiger partial charge in [0.15, 0.2) is 0 Å². The third-order valence-corrected chi connectivity index (χ3v) is 4.76. The zero-order valence-corrected chi connectivity index (χ0v) is 14.6. The Morgan fingerprint density at radius 2 is 2.12 bits per heavy atom. The highest BCUT2D eigenvalue weighted by atomic mass is 16.6. The van der Waals surface area contributed by atoms with E-state index in [2.05, 4.69) is 16.3 Å². The Bertz CT molecular complexity index is 763. The van der Waals surface area contributed by atoms with Gasteiger partial charge in [-0.3, -0.25) is 15.0 Å². The number of rotatable bonds is 5. The lowest BCUT2D eigenvalue weighted by Crippen LogP contribution is -2.45. The van der Waals surface area contributed by atoms with Crippen LogP contribution in [0.2, 0.25) is 0 Å². The standard InChI is InChI=1S/C19H23N3O3/c1-14-11-16(22(23)24)8-7-15(14)13-21-10-9-20-12-18(21)17-5-3-4-6-19(17)25-2/h3-8,11,18,20H,9-10,12-13H2,1-2H3. The molecule has 1 aliphatic heterocycles. The summed E-state index contributed by atoms with van der Waals surface area (Å²) in [5.41, 5.74) is 3.37. The van der Waals surface area contributed by atoms with Crippen molar-refractivity contribution in [2.45, 2.75) is 19.5 Å². The lowest BCUT2D eigenvalue weighted by Gasteiger charge is -2.37.